The van der Waals surface area contributed by atoms with E-state index >= 15 is 0 Å². The number of aliphatic imine (C=N–C) groups is 1. The second kappa shape index (κ2) is 12.3. The van der Waals surface area contributed by atoms with Crippen molar-refractivity contribution in [1.82, 2.24) is 15.1 Å². The van der Waals surface area contributed by atoms with Crippen molar-refractivity contribution in [1.29, 1.82) is 0 Å². The van der Waals surface area contributed by atoms with Crippen LogP contribution in [0.3, 0.4) is 0 Å². The predicted octanol–water partition coefficient (Wildman–Crippen LogP) is 2.95. The van der Waals surface area contributed by atoms with Crippen LogP contribution in [0.4, 0.5) is 0 Å². The maximum absolute atomic E-state index is 4.74. The summed E-state index contributed by atoms with van der Waals surface area (Å²) in [7, 11) is 0. The highest BCUT2D eigenvalue weighted by Gasteiger charge is 2.27. The molecule has 0 aromatic rings. The average Bonchev–Trinajstić information content (AvgIpc) is 2.93. The Balaban J connectivity index is 0.00000400. The molecule has 4 nitrogen and oxygen atoms in total. The van der Waals surface area contributed by atoms with Crippen LogP contribution >= 0.6 is 24.0 Å². The zero-order valence-electron chi connectivity index (χ0n) is 14.1. The van der Waals surface area contributed by atoms with Crippen molar-refractivity contribution in [2.75, 3.05) is 39.3 Å². The topological polar surface area (TPSA) is 30.9 Å². The van der Waals surface area contributed by atoms with Gasteiger partial charge in [0.1, 0.15) is 0 Å². The van der Waals surface area contributed by atoms with Crippen LogP contribution in [0.1, 0.15) is 40.5 Å². The summed E-state index contributed by atoms with van der Waals surface area (Å²) in [5.41, 5.74) is 0. The minimum Gasteiger partial charge on any atom is -0.357 e. The minimum absolute atomic E-state index is 0. The Labute approximate surface area is 148 Å². The number of nitrogens with one attached hydrogen (secondary N) is 1. The summed E-state index contributed by atoms with van der Waals surface area (Å²) in [6.45, 7) is 15.0. The lowest BCUT2D eigenvalue weighted by atomic mass is 10.2. The van der Waals surface area contributed by atoms with Gasteiger partial charge < -0.3 is 10.2 Å². The summed E-state index contributed by atoms with van der Waals surface area (Å²) in [5, 5.41) is 3.43. The molecule has 1 unspecified atom stereocenters. The predicted molar refractivity (Wildman–Crippen MR) is 104 cm³/mol. The molecule has 0 radical (unpaired) electrons. The molecule has 1 saturated heterocycles. The Morgan fingerprint density at radius 2 is 2.05 bits per heavy atom. The van der Waals surface area contributed by atoms with E-state index in [-0.39, 0.29) is 24.0 Å². The second-order valence-electron chi connectivity index (χ2n) is 5.20. The number of allylic oxidation sites excluding steroid dienone is 1. The van der Waals surface area contributed by atoms with Gasteiger partial charge in [0.2, 0.25) is 0 Å². The fraction of sp³-hybridized carbons (Fsp3) is 0.812. The van der Waals surface area contributed by atoms with Gasteiger partial charge in [-0.3, -0.25) is 9.89 Å². The highest BCUT2D eigenvalue weighted by Crippen LogP contribution is 2.15. The first-order valence-corrected chi connectivity index (χ1v) is 8.15. The van der Waals surface area contributed by atoms with E-state index in [1.165, 1.54) is 6.42 Å². The molecule has 5 heteroatoms. The molecule has 1 atom stereocenters. The second-order valence-corrected chi connectivity index (χ2v) is 5.20. The third-order valence-corrected chi connectivity index (χ3v) is 3.92. The van der Waals surface area contributed by atoms with Crippen molar-refractivity contribution >= 4 is 29.9 Å². The number of likely N-dealkylation sites (tertiary alicyclic amines) is 1. The lowest BCUT2D eigenvalue weighted by Gasteiger charge is -2.27. The SMILES string of the molecule is C/C=C/CCN=C(NCC)N1CCC(N(CC)CC)C1.I. The molecular formula is C16H33IN4. The van der Waals surface area contributed by atoms with Gasteiger partial charge in [0.05, 0.1) is 0 Å². The van der Waals surface area contributed by atoms with Crippen molar-refractivity contribution in [2.24, 2.45) is 4.99 Å². The molecule has 1 aliphatic heterocycles. The largest absolute Gasteiger partial charge is 0.357 e. The van der Waals surface area contributed by atoms with Crippen molar-refractivity contribution < 1.29 is 0 Å². The Hall–Kier alpha value is -0.300. The van der Waals surface area contributed by atoms with Gasteiger partial charge in [0.15, 0.2) is 5.96 Å². The van der Waals surface area contributed by atoms with Crippen LogP contribution < -0.4 is 5.32 Å². The normalized spacial score (nSPS) is 19.4. The standard InChI is InChI=1S/C16H32N4.HI/c1-5-9-10-12-18-16(17-6-2)20-13-11-15(14-20)19(7-3)8-4;/h5,9,15H,6-8,10-14H2,1-4H3,(H,17,18);1H/b9-5+;. The van der Waals surface area contributed by atoms with Gasteiger partial charge in [-0.2, -0.15) is 0 Å². The summed E-state index contributed by atoms with van der Waals surface area (Å²) in [4.78, 5) is 9.72. The molecule has 1 fully saturated rings. The van der Waals surface area contributed by atoms with Gasteiger partial charge in [-0.15, -0.1) is 24.0 Å². The fourth-order valence-corrected chi connectivity index (χ4v) is 2.81. The Bertz CT molecular complexity index is 313. The van der Waals surface area contributed by atoms with Crippen LogP contribution in [-0.2, 0) is 0 Å². The minimum atomic E-state index is 0. The summed E-state index contributed by atoms with van der Waals surface area (Å²) in [6, 6.07) is 0.685. The van der Waals surface area contributed by atoms with Crippen molar-refractivity contribution in [2.45, 2.75) is 46.6 Å². The molecule has 0 spiro atoms. The quantitative estimate of drug-likeness (QED) is 0.231. The summed E-state index contributed by atoms with van der Waals surface area (Å²) in [5.74, 6) is 1.09. The lowest BCUT2D eigenvalue weighted by Crippen LogP contribution is -2.43. The molecule has 1 N–H and O–H groups in total. The molecule has 0 bridgehead atoms. The zero-order valence-corrected chi connectivity index (χ0v) is 16.5. The van der Waals surface area contributed by atoms with Crippen LogP contribution in [0.25, 0.3) is 0 Å². The first-order chi connectivity index (χ1) is 9.76. The van der Waals surface area contributed by atoms with E-state index in [0.717, 1.165) is 51.6 Å². The molecule has 0 saturated carbocycles. The molecule has 1 rings (SSSR count). The van der Waals surface area contributed by atoms with E-state index in [1.807, 2.05) is 0 Å². The maximum Gasteiger partial charge on any atom is 0.193 e. The third-order valence-electron chi connectivity index (χ3n) is 3.92. The first kappa shape index (κ1) is 20.7. The lowest BCUT2D eigenvalue weighted by molar-refractivity contribution is 0.223. The molecular weight excluding hydrogens is 375 g/mol. The van der Waals surface area contributed by atoms with E-state index in [2.05, 4.69) is 55.0 Å². The summed E-state index contributed by atoms with van der Waals surface area (Å²) < 4.78 is 0. The summed E-state index contributed by atoms with van der Waals surface area (Å²) in [6.07, 6.45) is 6.55. The third kappa shape index (κ3) is 7.00. The Morgan fingerprint density at radius 1 is 1.33 bits per heavy atom. The summed E-state index contributed by atoms with van der Waals surface area (Å²) >= 11 is 0. The van der Waals surface area contributed by atoms with Gasteiger partial charge in [-0.25, -0.2) is 0 Å². The van der Waals surface area contributed by atoms with E-state index in [9.17, 15) is 0 Å². The number of rotatable bonds is 7. The molecule has 0 aromatic heterocycles. The molecule has 1 aliphatic rings. The smallest absolute Gasteiger partial charge is 0.193 e. The van der Waals surface area contributed by atoms with Crippen molar-refractivity contribution in [3.8, 4) is 0 Å². The highest BCUT2D eigenvalue weighted by molar-refractivity contribution is 14.0. The van der Waals surface area contributed by atoms with Crippen LogP contribution in [0.2, 0.25) is 0 Å². The van der Waals surface area contributed by atoms with Crippen LogP contribution in [0, 0.1) is 0 Å². The molecule has 0 aromatic carbocycles. The highest BCUT2D eigenvalue weighted by atomic mass is 127. The van der Waals surface area contributed by atoms with E-state index in [1.54, 1.807) is 0 Å². The van der Waals surface area contributed by atoms with Gasteiger partial charge in [0, 0.05) is 32.2 Å². The number of likely N-dealkylation sites (N-methyl/N-ethyl adjacent to an activating group) is 1. The van der Waals surface area contributed by atoms with Gasteiger partial charge >= 0.3 is 0 Å². The Morgan fingerprint density at radius 3 is 2.62 bits per heavy atom. The van der Waals surface area contributed by atoms with Crippen molar-refractivity contribution in [3.63, 3.8) is 0 Å². The number of nitrogens with zero attached hydrogens (tertiary/aromatic N) is 3. The van der Waals surface area contributed by atoms with Crippen molar-refractivity contribution in [3.05, 3.63) is 12.2 Å². The zero-order chi connectivity index (χ0) is 14.8. The first-order valence-electron chi connectivity index (χ1n) is 8.15. The molecule has 124 valence electrons. The van der Waals surface area contributed by atoms with Crippen LogP contribution in [0.5, 0.6) is 0 Å². The van der Waals surface area contributed by atoms with E-state index < -0.39 is 0 Å². The average molecular weight is 408 g/mol. The van der Waals surface area contributed by atoms with Gasteiger partial charge in [0.25, 0.3) is 0 Å². The number of hydrogen-bond acceptors (Lipinski definition) is 2. The van der Waals surface area contributed by atoms with Crippen LogP contribution in [-0.4, -0.2) is 61.1 Å². The number of halogens is 1. The van der Waals surface area contributed by atoms with E-state index in [4.69, 9.17) is 4.99 Å². The van der Waals surface area contributed by atoms with Crippen LogP contribution in [0.15, 0.2) is 17.1 Å². The molecule has 1 heterocycles. The fourth-order valence-electron chi connectivity index (χ4n) is 2.81. The molecule has 0 aliphatic carbocycles. The molecule has 0 amide bonds. The number of hydrogen-bond donors (Lipinski definition) is 1. The van der Waals surface area contributed by atoms with Gasteiger partial charge in [-0.05, 0) is 39.8 Å². The monoisotopic (exact) mass is 408 g/mol. The van der Waals surface area contributed by atoms with E-state index in [0.29, 0.717) is 6.04 Å². The maximum atomic E-state index is 4.74. The molecule has 21 heavy (non-hydrogen) atoms. The van der Waals surface area contributed by atoms with Gasteiger partial charge in [-0.1, -0.05) is 26.0 Å². The number of guanidine groups is 1. The Kier molecular flexibility index (Phi) is 12.1.